The first-order valence-corrected chi connectivity index (χ1v) is 4.97. The largest absolute Gasteiger partial charge is 0.392 e. The second kappa shape index (κ2) is 3.73. The molecule has 0 unspecified atom stereocenters. The summed E-state index contributed by atoms with van der Waals surface area (Å²) in [4.78, 5) is 2.36. The predicted octanol–water partition coefficient (Wildman–Crippen LogP) is -0.337. The number of aliphatic hydroxyl groups is 1. The number of nitrogens with zero attached hydrogens (tertiary/aromatic N) is 1. The van der Waals surface area contributed by atoms with Gasteiger partial charge >= 0.3 is 0 Å². The molecule has 2 fully saturated rings. The Balaban J connectivity index is 1.69. The average molecular weight is 170 g/mol. The molecule has 1 saturated heterocycles. The Kier molecular flexibility index (Phi) is 2.63. The Morgan fingerprint density at radius 2 is 2.00 bits per heavy atom. The highest BCUT2D eigenvalue weighted by Gasteiger charge is 2.30. The molecule has 0 aromatic rings. The molecule has 0 amide bonds. The molecule has 3 nitrogen and oxygen atoms in total. The molecular weight excluding hydrogens is 152 g/mol. The SMILES string of the molecule is O[C@@H](CN1CCNCC1)C1CC1. The van der Waals surface area contributed by atoms with Crippen molar-refractivity contribution in [3.05, 3.63) is 0 Å². The van der Waals surface area contributed by atoms with Crippen LogP contribution in [0.4, 0.5) is 0 Å². The van der Waals surface area contributed by atoms with Gasteiger partial charge in [-0.2, -0.15) is 0 Å². The van der Waals surface area contributed by atoms with Gasteiger partial charge in [-0.3, -0.25) is 4.90 Å². The van der Waals surface area contributed by atoms with E-state index < -0.39 is 0 Å². The van der Waals surface area contributed by atoms with Crippen molar-refractivity contribution in [2.24, 2.45) is 5.92 Å². The fraction of sp³-hybridized carbons (Fsp3) is 1.00. The van der Waals surface area contributed by atoms with E-state index in [-0.39, 0.29) is 6.10 Å². The van der Waals surface area contributed by atoms with E-state index in [9.17, 15) is 5.11 Å². The van der Waals surface area contributed by atoms with E-state index >= 15 is 0 Å². The predicted molar refractivity (Wildman–Crippen MR) is 48.0 cm³/mol. The zero-order chi connectivity index (χ0) is 8.39. The topological polar surface area (TPSA) is 35.5 Å². The first-order chi connectivity index (χ1) is 5.86. The van der Waals surface area contributed by atoms with Gasteiger partial charge in [0.15, 0.2) is 0 Å². The Morgan fingerprint density at radius 1 is 1.33 bits per heavy atom. The van der Waals surface area contributed by atoms with Crippen LogP contribution in [-0.4, -0.2) is 48.8 Å². The fourth-order valence-electron chi connectivity index (χ4n) is 1.79. The van der Waals surface area contributed by atoms with Gasteiger partial charge in [-0.25, -0.2) is 0 Å². The smallest absolute Gasteiger partial charge is 0.0695 e. The van der Waals surface area contributed by atoms with E-state index in [1.165, 1.54) is 12.8 Å². The van der Waals surface area contributed by atoms with E-state index in [0.29, 0.717) is 5.92 Å². The highest BCUT2D eigenvalue weighted by molar-refractivity contribution is 4.83. The Bertz CT molecular complexity index is 141. The maximum Gasteiger partial charge on any atom is 0.0695 e. The summed E-state index contributed by atoms with van der Waals surface area (Å²) >= 11 is 0. The minimum absolute atomic E-state index is 0.0527. The van der Waals surface area contributed by atoms with Gasteiger partial charge in [0.25, 0.3) is 0 Å². The molecule has 0 radical (unpaired) electrons. The molecule has 1 aliphatic carbocycles. The van der Waals surface area contributed by atoms with Crippen LogP contribution in [0.25, 0.3) is 0 Å². The second-order valence-corrected chi connectivity index (χ2v) is 3.96. The van der Waals surface area contributed by atoms with Gasteiger partial charge in [0.2, 0.25) is 0 Å². The van der Waals surface area contributed by atoms with Gasteiger partial charge in [-0.05, 0) is 18.8 Å². The zero-order valence-electron chi connectivity index (χ0n) is 7.50. The van der Waals surface area contributed by atoms with Crippen LogP contribution in [-0.2, 0) is 0 Å². The maximum absolute atomic E-state index is 9.68. The Morgan fingerprint density at radius 3 is 2.58 bits per heavy atom. The van der Waals surface area contributed by atoms with Gasteiger partial charge in [0, 0.05) is 32.7 Å². The van der Waals surface area contributed by atoms with Crippen LogP contribution in [0, 0.1) is 5.92 Å². The molecule has 2 aliphatic rings. The van der Waals surface area contributed by atoms with Gasteiger partial charge < -0.3 is 10.4 Å². The lowest BCUT2D eigenvalue weighted by Gasteiger charge is -2.29. The molecule has 1 saturated carbocycles. The number of aliphatic hydroxyl groups excluding tert-OH is 1. The quantitative estimate of drug-likeness (QED) is 0.608. The van der Waals surface area contributed by atoms with Gasteiger partial charge in [0.1, 0.15) is 0 Å². The van der Waals surface area contributed by atoms with Gasteiger partial charge in [-0.1, -0.05) is 0 Å². The minimum Gasteiger partial charge on any atom is -0.392 e. The summed E-state index contributed by atoms with van der Waals surface area (Å²) in [6, 6.07) is 0. The lowest BCUT2D eigenvalue weighted by molar-refractivity contribution is 0.0890. The number of rotatable bonds is 3. The number of nitrogens with one attached hydrogen (secondary N) is 1. The average Bonchev–Trinajstić information content (AvgIpc) is 2.88. The third-order valence-electron chi connectivity index (χ3n) is 2.82. The van der Waals surface area contributed by atoms with E-state index in [0.717, 1.165) is 32.7 Å². The number of hydrogen-bond donors (Lipinski definition) is 2. The summed E-state index contributed by atoms with van der Waals surface area (Å²) in [5.74, 6) is 0.625. The van der Waals surface area contributed by atoms with Crippen molar-refractivity contribution >= 4 is 0 Å². The molecule has 0 aromatic heterocycles. The molecule has 0 bridgehead atoms. The second-order valence-electron chi connectivity index (χ2n) is 3.96. The normalized spacial score (nSPS) is 28.8. The molecular formula is C9H18N2O. The molecule has 1 atom stereocenters. The van der Waals surface area contributed by atoms with E-state index in [4.69, 9.17) is 0 Å². The number of piperazine rings is 1. The third-order valence-corrected chi connectivity index (χ3v) is 2.82. The fourth-order valence-corrected chi connectivity index (χ4v) is 1.79. The summed E-state index contributed by atoms with van der Waals surface area (Å²) in [5.41, 5.74) is 0. The Hall–Kier alpha value is -0.120. The monoisotopic (exact) mass is 170 g/mol. The van der Waals surface area contributed by atoms with Crippen LogP contribution in [0.15, 0.2) is 0 Å². The lowest BCUT2D eigenvalue weighted by Crippen LogP contribution is -2.46. The standard InChI is InChI=1S/C9H18N2O/c12-9(8-1-2-8)7-11-5-3-10-4-6-11/h8-10,12H,1-7H2/t9-/m0/s1. The first-order valence-electron chi connectivity index (χ1n) is 4.97. The highest BCUT2D eigenvalue weighted by atomic mass is 16.3. The third kappa shape index (κ3) is 2.19. The van der Waals surface area contributed by atoms with Crippen LogP contribution in [0.3, 0.4) is 0 Å². The minimum atomic E-state index is -0.0527. The maximum atomic E-state index is 9.68. The number of hydrogen-bond acceptors (Lipinski definition) is 3. The summed E-state index contributed by atoms with van der Waals surface area (Å²) in [5, 5.41) is 13.0. The van der Waals surface area contributed by atoms with Crippen molar-refractivity contribution in [1.29, 1.82) is 0 Å². The molecule has 0 aromatic carbocycles. The molecule has 12 heavy (non-hydrogen) atoms. The van der Waals surface area contributed by atoms with E-state index in [1.54, 1.807) is 0 Å². The number of β-amino-alcohol motifs (C(OH)–C–C–N with tert-alkyl or cyclic N) is 1. The molecule has 0 spiro atoms. The molecule has 1 aliphatic heterocycles. The summed E-state index contributed by atoms with van der Waals surface area (Å²) in [7, 11) is 0. The van der Waals surface area contributed by atoms with E-state index in [2.05, 4.69) is 10.2 Å². The van der Waals surface area contributed by atoms with Gasteiger partial charge in [0.05, 0.1) is 6.10 Å². The lowest BCUT2D eigenvalue weighted by atomic mass is 10.2. The van der Waals surface area contributed by atoms with Crippen LogP contribution in [0.1, 0.15) is 12.8 Å². The van der Waals surface area contributed by atoms with Crippen molar-refractivity contribution in [3.8, 4) is 0 Å². The molecule has 2 N–H and O–H groups in total. The van der Waals surface area contributed by atoms with Gasteiger partial charge in [-0.15, -0.1) is 0 Å². The van der Waals surface area contributed by atoms with Crippen LogP contribution < -0.4 is 5.32 Å². The Labute approximate surface area is 73.8 Å². The van der Waals surface area contributed by atoms with Crippen molar-refractivity contribution in [3.63, 3.8) is 0 Å². The summed E-state index contributed by atoms with van der Waals surface area (Å²) < 4.78 is 0. The molecule has 1 heterocycles. The molecule has 70 valence electrons. The van der Waals surface area contributed by atoms with Crippen LogP contribution in [0.2, 0.25) is 0 Å². The first kappa shape index (κ1) is 8.48. The van der Waals surface area contributed by atoms with Crippen molar-refractivity contribution in [1.82, 2.24) is 10.2 Å². The van der Waals surface area contributed by atoms with Crippen LogP contribution in [0.5, 0.6) is 0 Å². The highest BCUT2D eigenvalue weighted by Crippen LogP contribution is 2.32. The van der Waals surface area contributed by atoms with Crippen molar-refractivity contribution in [2.45, 2.75) is 18.9 Å². The molecule has 2 rings (SSSR count). The summed E-state index contributed by atoms with van der Waals surface area (Å²) in [6.45, 7) is 5.26. The van der Waals surface area contributed by atoms with Crippen molar-refractivity contribution < 1.29 is 5.11 Å². The van der Waals surface area contributed by atoms with E-state index in [1.807, 2.05) is 0 Å². The van der Waals surface area contributed by atoms with Crippen molar-refractivity contribution in [2.75, 3.05) is 32.7 Å². The van der Waals surface area contributed by atoms with Crippen LogP contribution >= 0.6 is 0 Å². The zero-order valence-corrected chi connectivity index (χ0v) is 7.50. The molecule has 3 heteroatoms. The summed E-state index contributed by atoms with van der Waals surface area (Å²) in [6.07, 6.45) is 2.43.